The summed E-state index contributed by atoms with van der Waals surface area (Å²) < 4.78 is 2.07. The van der Waals surface area contributed by atoms with Crippen molar-refractivity contribution in [2.75, 3.05) is 22.3 Å². The first-order valence-corrected chi connectivity index (χ1v) is 7.23. The van der Waals surface area contributed by atoms with Gasteiger partial charge in [0.25, 0.3) is 5.95 Å². The van der Waals surface area contributed by atoms with Crippen LogP contribution < -0.4 is 22.4 Å². The average Bonchev–Trinajstić information content (AvgIpc) is 2.77. The number of carbonyl (C=O) groups excluding carboxylic acids is 1. The van der Waals surface area contributed by atoms with Gasteiger partial charge in [-0.2, -0.15) is 0 Å². The van der Waals surface area contributed by atoms with Crippen LogP contribution in [0, 0.1) is 0 Å². The van der Waals surface area contributed by atoms with Gasteiger partial charge in [-0.3, -0.25) is 10.2 Å². The fraction of sp³-hybridized carbons (Fsp3) is 0.100. The summed E-state index contributed by atoms with van der Waals surface area (Å²) >= 11 is 4.49. The van der Waals surface area contributed by atoms with E-state index < -0.39 is 0 Å². The van der Waals surface area contributed by atoms with Crippen molar-refractivity contribution in [3.8, 4) is 0 Å². The molecule has 0 bridgehead atoms. The molecule has 1 amide bonds. The molecule has 0 spiro atoms. The fourth-order valence-electron chi connectivity index (χ4n) is 1.37. The van der Waals surface area contributed by atoms with E-state index in [1.54, 1.807) is 6.07 Å². The molecule has 0 aliphatic carbocycles. The van der Waals surface area contributed by atoms with Gasteiger partial charge in [0.15, 0.2) is 0 Å². The molecule has 1 aromatic carbocycles. The second-order valence-corrected chi connectivity index (χ2v) is 5.53. The summed E-state index contributed by atoms with van der Waals surface area (Å²) in [6, 6.07) is 7.32. The number of nitrogens with zero attached hydrogens (tertiary/aromatic N) is 3. The highest BCUT2D eigenvalue weighted by Crippen LogP contribution is 2.18. The van der Waals surface area contributed by atoms with Gasteiger partial charge < -0.3 is 11.2 Å². The molecule has 0 saturated carbocycles. The molecule has 106 valence electrons. The smallest absolute Gasteiger partial charge is 0.258 e. The predicted octanol–water partition coefficient (Wildman–Crippen LogP) is 0.771. The number of hydrazine groups is 1. The van der Waals surface area contributed by atoms with Crippen molar-refractivity contribution in [2.24, 2.45) is 5.84 Å². The maximum Gasteiger partial charge on any atom is 0.258 e. The van der Waals surface area contributed by atoms with Gasteiger partial charge >= 0.3 is 0 Å². The monoisotopic (exact) mass is 357 g/mol. The van der Waals surface area contributed by atoms with Gasteiger partial charge in [0.2, 0.25) is 11.1 Å². The maximum atomic E-state index is 11.8. The van der Waals surface area contributed by atoms with Gasteiger partial charge in [0.1, 0.15) is 0 Å². The van der Waals surface area contributed by atoms with Crippen molar-refractivity contribution in [3.05, 3.63) is 28.7 Å². The first-order valence-electron chi connectivity index (χ1n) is 5.45. The van der Waals surface area contributed by atoms with Crippen LogP contribution in [0.5, 0.6) is 0 Å². The molecule has 2 aromatic rings. The number of amides is 1. The lowest BCUT2D eigenvalue weighted by Gasteiger charge is -2.05. The molecular formula is C10H12BrN7OS. The molecule has 0 aliphatic heterocycles. The Morgan fingerprint density at radius 2 is 2.25 bits per heavy atom. The van der Waals surface area contributed by atoms with Crippen molar-refractivity contribution >= 4 is 45.2 Å². The van der Waals surface area contributed by atoms with Crippen LogP contribution >= 0.6 is 27.7 Å². The normalized spacial score (nSPS) is 10.3. The highest BCUT2D eigenvalue weighted by Gasteiger charge is 2.11. The van der Waals surface area contributed by atoms with E-state index in [0.717, 1.165) is 16.2 Å². The Balaban J connectivity index is 1.90. The number of nitrogen functional groups attached to an aromatic ring is 2. The molecular weight excluding hydrogens is 346 g/mol. The Kier molecular flexibility index (Phi) is 4.82. The summed E-state index contributed by atoms with van der Waals surface area (Å²) in [5.74, 6) is 11.1. The van der Waals surface area contributed by atoms with Crippen molar-refractivity contribution in [1.82, 2.24) is 14.9 Å². The molecule has 6 N–H and O–H groups in total. The maximum absolute atomic E-state index is 11.8. The number of rotatable bonds is 5. The second-order valence-electron chi connectivity index (χ2n) is 3.67. The largest absolute Gasteiger partial charge is 0.334 e. The van der Waals surface area contributed by atoms with E-state index in [2.05, 4.69) is 36.9 Å². The third kappa shape index (κ3) is 3.62. The van der Waals surface area contributed by atoms with E-state index >= 15 is 0 Å². The SMILES string of the molecule is NNc1nnc(SCC(=O)Nc2cccc(Br)c2)n1N. The summed E-state index contributed by atoms with van der Waals surface area (Å²) in [7, 11) is 0. The molecule has 1 heterocycles. The molecule has 8 nitrogen and oxygen atoms in total. The molecule has 2 rings (SSSR count). The summed E-state index contributed by atoms with van der Waals surface area (Å²) in [4.78, 5) is 11.8. The van der Waals surface area contributed by atoms with E-state index in [-0.39, 0.29) is 17.6 Å². The van der Waals surface area contributed by atoms with Crippen LogP contribution in [0.25, 0.3) is 0 Å². The van der Waals surface area contributed by atoms with E-state index in [1.807, 2.05) is 18.2 Å². The number of halogens is 1. The van der Waals surface area contributed by atoms with Crippen LogP contribution in [0.3, 0.4) is 0 Å². The number of hydrogen-bond acceptors (Lipinski definition) is 7. The molecule has 0 unspecified atom stereocenters. The number of carbonyl (C=O) groups is 1. The van der Waals surface area contributed by atoms with E-state index in [4.69, 9.17) is 11.7 Å². The van der Waals surface area contributed by atoms with E-state index in [0.29, 0.717) is 10.8 Å². The number of aromatic nitrogens is 3. The summed E-state index contributed by atoms with van der Waals surface area (Å²) in [6.07, 6.45) is 0. The number of nitrogens with one attached hydrogen (secondary N) is 2. The first-order chi connectivity index (χ1) is 9.60. The van der Waals surface area contributed by atoms with Crippen LogP contribution in [0.4, 0.5) is 11.6 Å². The summed E-state index contributed by atoms with van der Waals surface area (Å²) in [5, 5.41) is 10.7. The van der Waals surface area contributed by atoms with Gasteiger partial charge in [-0.15, -0.1) is 10.2 Å². The third-order valence-corrected chi connectivity index (χ3v) is 3.67. The quantitative estimate of drug-likeness (QED) is 0.354. The average molecular weight is 358 g/mol. The standard InChI is InChI=1S/C10H12BrN7OS/c11-6-2-1-3-7(4-6)14-8(19)5-20-10-17-16-9(15-12)18(10)13/h1-4H,5,12-13H2,(H,14,19)(H,15,16). The highest BCUT2D eigenvalue weighted by atomic mass is 79.9. The second kappa shape index (κ2) is 6.59. The Hall–Kier alpha value is -1.78. The van der Waals surface area contributed by atoms with E-state index in [9.17, 15) is 4.79 Å². The number of benzene rings is 1. The zero-order valence-electron chi connectivity index (χ0n) is 10.2. The Labute approximate surface area is 127 Å². The lowest BCUT2D eigenvalue weighted by atomic mass is 10.3. The van der Waals surface area contributed by atoms with Crippen molar-refractivity contribution < 1.29 is 4.79 Å². The van der Waals surface area contributed by atoms with Crippen LogP contribution in [-0.4, -0.2) is 26.5 Å². The van der Waals surface area contributed by atoms with Crippen LogP contribution in [0.15, 0.2) is 33.9 Å². The summed E-state index contributed by atoms with van der Waals surface area (Å²) in [5.41, 5.74) is 3.01. The van der Waals surface area contributed by atoms with Crippen LogP contribution in [0.1, 0.15) is 0 Å². The Morgan fingerprint density at radius 1 is 1.45 bits per heavy atom. The topological polar surface area (TPSA) is 124 Å². The zero-order chi connectivity index (χ0) is 14.5. The van der Waals surface area contributed by atoms with Gasteiger partial charge in [0.05, 0.1) is 5.75 Å². The van der Waals surface area contributed by atoms with Crippen molar-refractivity contribution in [3.63, 3.8) is 0 Å². The number of thioether (sulfide) groups is 1. The molecule has 10 heteroatoms. The van der Waals surface area contributed by atoms with E-state index in [1.165, 1.54) is 4.68 Å². The number of anilines is 2. The molecule has 0 saturated heterocycles. The first kappa shape index (κ1) is 14.6. The molecule has 0 atom stereocenters. The van der Waals surface area contributed by atoms with Gasteiger partial charge in [0, 0.05) is 10.2 Å². The minimum atomic E-state index is -0.168. The molecule has 1 aromatic heterocycles. The van der Waals surface area contributed by atoms with Gasteiger partial charge in [-0.25, -0.2) is 10.5 Å². The number of hydrogen-bond donors (Lipinski definition) is 4. The lowest BCUT2D eigenvalue weighted by Crippen LogP contribution is -2.19. The fourth-order valence-corrected chi connectivity index (χ4v) is 2.42. The Bertz CT molecular complexity index is 617. The van der Waals surface area contributed by atoms with Crippen molar-refractivity contribution in [1.29, 1.82) is 0 Å². The van der Waals surface area contributed by atoms with Crippen LogP contribution in [-0.2, 0) is 4.79 Å². The van der Waals surface area contributed by atoms with Crippen molar-refractivity contribution in [2.45, 2.75) is 5.16 Å². The molecule has 0 aliphatic rings. The predicted molar refractivity (Wildman–Crippen MR) is 81.5 cm³/mol. The summed E-state index contributed by atoms with van der Waals surface area (Å²) in [6.45, 7) is 0. The Morgan fingerprint density at radius 3 is 2.90 bits per heavy atom. The van der Waals surface area contributed by atoms with Crippen LogP contribution in [0.2, 0.25) is 0 Å². The minimum Gasteiger partial charge on any atom is -0.334 e. The van der Waals surface area contributed by atoms with Gasteiger partial charge in [-0.1, -0.05) is 33.8 Å². The zero-order valence-corrected chi connectivity index (χ0v) is 12.6. The third-order valence-electron chi connectivity index (χ3n) is 2.23. The highest BCUT2D eigenvalue weighted by molar-refractivity contribution is 9.10. The lowest BCUT2D eigenvalue weighted by molar-refractivity contribution is -0.113. The molecule has 0 radical (unpaired) electrons. The minimum absolute atomic E-state index is 0.159. The number of nitrogens with two attached hydrogens (primary N) is 2. The molecule has 20 heavy (non-hydrogen) atoms. The molecule has 0 fully saturated rings. The van der Waals surface area contributed by atoms with Gasteiger partial charge in [-0.05, 0) is 18.2 Å².